The maximum atomic E-state index is 11.9. The van der Waals surface area contributed by atoms with Crippen LogP contribution in [-0.4, -0.2) is 38.6 Å². The molecule has 1 amide bonds. The van der Waals surface area contributed by atoms with Crippen molar-refractivity contribution in [3.63, 3.8) is 0 Å². The predicted octanol–water partition coefficient (Wildman–Crippen LogP) is 2.73. The van der Waals surface area contributed by atoms with Gasteiger partial charge in [0.05, 0.1) is 5.75 Å². The van der Waals surface area contributed by atoms with E-state index >= 15 is 0 Å². The Balaban J connectivity index is 1.40. The van der Waals surface area contributed by atoms with Gasteiger partial charge in [-0.25, -0.2) is 0 Å². The van der Waals surface area contributed by atoms with Crippen LogP contribution in [0.4, 0.5) is 0 Å². The number of aromatic nitrogens is 3. The molecule has 118 valence electrons. The van der Waals surface area contributed by atoms with Crippen molar-refractivity contribution < 1.29 is 4.79 Å². The first kappa shape index (κ1) is 15.9. The van der Waals surface area contributed by atoms with Crippen LogP contribution in [0.5, 0.6) is 0 Å². The van der Waals surface area contributed by atoms with Gasteiger partial charge in [-0.05, 0) is 24.3 Å². The third-order valence-corrected chi connectivity index (χ3v) is 5.01. The van der Waals surface area contributed by atoms with Crippen LogP contribution in [0.3, 0.4) is 0 Å². The van der Waals surface area contributed by atoms with E-state index in [1.54, 1.807) is 11.8 Å². The van der Waals surface area contributed by atoms with Gasteiger partial charge in [-0.15, -0.1) is 22.0 Å². The van der Waals surface area contributed by atoms with Crippen molar-refractivity contribution in [2.24, 2.45) is 0 Å². The van der Waals surface area contributed by atoms with Crippen molar-refractivity contribution >= 4 is 35.1 Å². The Bertz CT molecular complexity index is 776. The standard InChI is InChI=1S/C16H16N4OS2/c21-15(17-9-11-22-13-6-2-1-3-7-13)12-23-16-19-18-14-8-4-5-10-20(14)16/h1-8,10H,9,11-12H2,(H,17,21). The van der Waals surface area contributed by atoms with E-state index in [0.717, 1.165) is 16.6 Å². The summed E-state index contributed by atoms with van der Waals surface area (Å²) in [7, 11) is 0. The zero-order chi connectivity index (χ0) is 15.9. The number of pyridine rings is 1. The number of thioether (sulfide) groups is 2. The number of nitrogens with one attached hydrogen (secondary N) is 1. The molecular weight excluding hydrogens is 328 g/mol. The predicted molar refractivity (Wildman–Crippen MR) is 93.9 cm³/mol. The average molecular weight is 344 g/mol. The molecule has 23 heavy (non-hydrogen) atoms. The fourth-order valence-electron chi connectivity index (χ4n) is 1.98. The maximum absolute atomic E-state index is 11.9. The Labute approximate surface area is 142 Å². The van der Waals surface area contributed by atoms with Crippen molar-refractivity contribution in [1.82, 2.24) is 19.9 Å². The van der Waals surface area contributed by atoms with Gasteiger partial charge >= 0.3 is 0 Å². The van der Waals surface area contributed by atoms with E-state index in [1.165, 1.54) is 16.7 Å². The normalized spacial score (nSPS) is 10.8. The summed E-state index contributed by atoms with van der Waals surface area (Å²) in [5, 5.41) is 11.8. The third kappa shape index (κ3) is 4.49. The van der Waals surface area contributed by atoms with Crippen LogP contribution in [-0.2, 0) is 4.79 Å². The number of hydrogen-bond donors (Lipinski definition) is 1. The molecule has 1 N–H and O–H groups in total. The van der Waals surface area contributed by atoms with Gasteiger partial charge in [0.1, 0.15) is 0 Å². The molecule has 1 aromatic carbocycles. The monoisotopic (exact) mass is 344 g/mol. The Morgan fingerprint density at radius 1 is 1.04 bits per heavy atom. The molecule has 2 heterocycles. The van der Waals surface area contributed by atoms with Gasteiger partial charge in [-0.2, -0.15) is 0 Å². The highest BCUT2D eigenvalue weighted by Crippen LogP contribution is 2.17. The summed E-state index contributed by atoms with van der Waals surface area (Å²) in [6, 6.07) is 15.9. The fourth-order valence-corrected chi connectivity index (χ4v) is 3.52. The molecule has 0 fully saturated rings. The Hall–Kier alpha value is -1.99. The summed E-state index contributed by atoms with van der Waals surface area (Å²) in [6.45, 7) is 0.652. The molecule has 0 aliphatic heterocycles. The average Bonchev–Trinajstić information content (AvgIpc) is 3.01. The Morgan fingerprint density at radius 2 is 1.87 bits per heavy atom. The van der Waals surface area contributed by atoms with E-state index < -0.39 is 0 Å². The highest BCUT2D eigenvalue weighted by atomic mass is 32.2. The summed E-state index contributed by atoms with van der Waals surface area (Å²) < 4.78 is 1.88. The molecule has 0 bridgehead atoms. The molecule has 3 rings (SSSR count). The van der Waals surface area contributed by atoms with Crippen LogP contribution >= 0.6 is 23.5 Å². The number of amides is 1. The molecule has 5 nitrogen and oxygen atoms in total. The second-order valence-corrected chi connectivity index (χ2v) is 6.82. The first-order valence-corrected chi connectivity index (χ1v) is 9.17. The summed E-state index contributed by atoms with van der Waals surface area (Å²) in [5.41, 5.74) is 0.787. The number of hydrogen-bond acceptors (Lipinski definition) is 5. The van der Waals surface area contributed by atoms with E-state index in [9.17, 15) is 4.79 Å². The smallest absolute Gasteiger partial charge is 0.230 e. The topological polar surface area (TPSA) is 59.3 Å². The molecule has 0 atom stereocenters. The summed E-state index contributed by atoms with van der Waals surface area (Å²) >= 11 is 3.12. The second-order valence-electron chi connectivity index (χ2n) is 4.71. The molecule has 2 aromatic heterocycles. The SMILES string of the molecule is O=C(CSc1nnc2ccccn12)NCCSc1ccccc1. The van der Waals surface area contributed by atoms with E-state index in [0.29, 0.717) is 12.3 Å². The molecule has 0 aliphatic carbocycles. The third-order valence-electron chi connectivity index (χ3n) is 3.05. The van der Waals surface area contributed by atoms with Crippen molar-refractivity contribution in [3.8, 4) is 0 Å². The highest BCUT2D eigenvalue weighted by molar-refractivity contribution is 7.99. The summed E-state index contributed by atoms with van der Waals surface area (Å²) in [4.78, 5) is 13.1. The van der Waals surface area contributed by atoms with E-state index in [-0.39, 0.29) is 5.91 Å². The quantitative estimate of drug-likeness (QED) is 0.527. The van der Waals surface area contributed by atoms with Crippen LogP contribution in [0.25, 0.3) is 5.65 Å². The van der Waals surface area contributed by atoms with Crippen molar-refractivity contribution in [1.29, 1.82) is 0 Å². The van der Waals surface area contributed by atoms with Crippen LogP contribution in [0.2, 0.25) is 0 Å². The Kier molecular flexibility index (Phi) is 5.55. The van der Waals surface area contributed by atoms with E-state index in [4.69, 9.17) is 0 Å². The molecule has 0 saturated carbocycles. The van der Waals surface area contributed by atoms with Gasteiger partial charge in [0.2, 0.25) is 5.91 Å². The zero-order valence-electron chi connectivity index (χ0n) is 12.4. The number of rotatable bonds is 7. The van der Waals surface area contributed by atoms with Crippen LogP contribution in [0.15, 0.2) is 64.8 Å². The van der Waals surface area contributed by atoms with Crippen molar-refractivity contribution in [2.45, 2.75) is 10.1 Å². The minimum atomic E-state index is 0.0105. The molecule has 0 saturated heterocycles. The number of carbonyl (C=O) groups is 1. The largest absolute Gasteiger partial charge is 0.355 e. The van der Waals surface area contributed by atoms with Gasteiger partial charge in [0, 0.05) is 23.4 Å². The number of benzene rings is 1. The lowest BCUT2D eigenvalue weighted by Gasteiger charge is -2.04. The molecular formula is C16H16N4OS2. The number of nitrogens with zero attached hydrogens (tertiary/aromatic N) is 3. The maximum Gasteiger partial charge on any atom is 0.230 e. The lowest BCUT2D eigenvalue weighted by atomic mass is 10.4. The van der Waals surface area contributed by atoms with Gasteiger partial charge < -0.3 is 5.32 Å². The molecule has 0 unspecified atom stereocenters. The molecule has 0 spiro atoms. The van der Waals surface area contributed by atoms with Crippen LogP contribution < -0.4 is 5.32 Å². The summed E-state index contributed by atoms with van der Waals surface area (Å²) in [5.74, 6) is 1.20. The zero-order valence-corrected chi connectivity index (χ0v) is 14.0. The van der Waals surface area contributed by atoms with E-state index in [1.807, 2.05) is 47.0 Å². The summed E-state index contributed by atoms with van der Waals surface area (Å²) in [6.07, 6.45) is 1.89. The number of carbonyl (C=O) groups excluding carboxylic acids is 1. The number of fused-ring (bicyclic) bond motifs is 1. The van der Waals surface area contributed by atoms with Gasteiger partial charge in [0.25, 0.3) is 0 Å². The molecule has 7 heteroatoms. The van der Waals surface area contributed by atoms with E-state index in [2.05, 4.69) is 27.6 Å². The van der Waals surface area contributed by atoms with Crippen LogP contribution in [0, 0.1) is 0 Å². The first-order chi connectivity index (χ1) is 11.3. The lowest BCUT2D eigenvalue weighted by Crippen LogP contribution is -2.27. The lowest BCUT2D eigenvalue weighted by molar-refractivity contribution is -0.118. The van der Waals surface area contributed by atoms with Crippen molar-refractivity contribution in [2.75, 3.05) is 18.1 Å². The highest BCUT2D eigenvalue weighted by Gasteiger charge is 2.08. The minimum Gasteiger partial charge on any atom is -0.355 e. The molecule has 0 aliphatic rings. The van der Waals surface area contributed by atoms with Gasteiger partial charge in [-0.3, -0.25) is 9.20 Å². The fraction of sp³-hybridized carbons (Fsp3) is 0.188. The van der Waals surface area contributed by atoms with Gasteiger partial charge in [-0.1, -0.05) is 36.0 Å². The van der Waals surface area contributed by atoms with Gasteiger partial charge in [0.15, 0.2) is 10.8 Å². The Morgan fingerprint density at radius 3 is 2.74 bits per heavy atom. The van der Waals surface area contributed by atoms with Crippen LogP contribution in [0.1, 0.15) is 0 Å². The first-order valence-electron chi connectivity index (χ1n) is 7.20. The molecule has 0 radical (unpaired) electrons. The molecule has 3 aromatic rings. The van der Waals surface area contributed by atoms with Crippen molar-refractivity contribution in [3.05, 3.63) is 54.7 Å². The second kappa shape index (κ2) is 8.03. The minimum absolute atomic E-state index is 0.0105.